The molecule has 0 aliphatic rings. The summed E-state index contributed by atoms with van der Waals surface area (Å²) in [5, 5.41) is 10.7. The largest absolute Gasteiger partial charge is 0.192 e. The molecule has 0 N–H and O–H groups in total. The molecule has 0 saturated heterocycles. The highest BCUT2D eigenvalue weighted by atomic mass is 32.1. The first-order chi connectivity index (χ1) is 6.88. The Morgan fingerprint density at radius 1 is 1.14 bits per heavy atom. The van der Waals surface area contributed by atoms with Crippen LogP contribution < -0.4 is 0 Å². The lowest BCUT2D eigenvalue weighted by molar-refractivity contribution is 1.24. The van der Waals surface area contributed by atoms with E-state index < -0.39 is 0 Å². The molecule has 2 rings (SSSR count). The van der Waals surface area contributed by atoms with Crippen molar-refractivity contribution in [3.8, 4) is 6.07 Å². The van der Waals surface area contributed by atoms with Crippen molar-refractivity contribution in [1.82, 2.24) is 0 Å². The molecule has 0 aliphatic heterocycles. The minimum atomic E-state index is 0.722. The summed E-state index contributed by atoms with van der Waals surface area (Å²) in [5.74, 6) is 0. The monoisotopic (exact) mass is 199 g/mol. The molecule has 0 bridgehead atoms. The minimum absolute atomic E-state index is 0.722. The van der Waals surface area contributed by atoms with Crippen LogP contribution in [0.4, 0.5) is 0 Å². The number of nitriles is 1. The van der Waals surface area contributed by atoms with Crippen molar-refractivity contribution in [3.05, 3.63) is 57.8 Å². The second-order valence-electron chi connectivity index (χ2n) is 3.06. The van der Waals surface area contributed by atoms with E-state index in [2.05, 4.69) is 23.6 Å². The zero-order valence-electron chi connectivity index (χ0n) is 7.60. The molecule has 0 radical (unpaired) electrons. The maximum absolute atomic E-state index is 8.64. The van der Waals surface area contributed by atoms with Crippen LogP contribution in [-0.2, 0) is 6.42 Å². The second kappa shape index (κ2) is 4.08. The fraction of sp³-hybridized carbons (Fsp3) is 0.0833. The Morgan fingerprint density at radius 2 is 1.93 bits per heavy atom. The Bertz CT molecular complexity index is 434. The van der Waals surface area contributed by atoms with Gasteiger partial charge in [0.2, 0.25) is 0 Å². The Labute approximate surface area is 87.3 Å². The molecule has 2 aromatic rings. The number of hydrogen-bond donors (Lipinski definition) is 0. The average Bonchev–Trinajstić information content (AvgIpc) is 2.72. The molecule has 0 unspecified atom stereocenters. The van der Waals surface area contributed by atoms with Gasteiger partial charge in [-0.15, -0.1) is 11.3 Å². The van der Waals surface area contributed by atoms with Gasteiger partial charge in [-0.05, 0) is 29.1 Å². The summed E-state index contributed by atoms with van der Waals surface area (Å²) in [6.45, 7) is 0. The Balaban J connectivity index is 2.15. The van der Waals surface area contributed by atoms with Crippen LogP contribution in [0.2, 0.25) is 0 Å². The van der Waals surface area contributed by atoms with E-state index >= 15 is 0 Å². The molecule has 68 valence electrons. The van der Waals surface area contributed by atoms with Crippen LogP contribution in [0.3, 0.4) is 0 Å². The summed E-state index contributed by atoms with van der Waals surface area (Å²) >= 11 is 1.76. The van der Waals surface area contributed by atoms with Crippen LogP contribution in [-0.4, -0.2) is 0 Å². The van der Waals surface area contributed by atoms with Crippen LogP contribution in [0, 0.1) is 11.3 Å². The van der Waals surface area contributed by atoms with Gasteiger partial charge in [0.25, 0.3) is 0 Å². The van der Waals surface area contributed by atoms with Gasteiger partial charge in [-0.1, -0.05) is 18.2 Å². The maximum atomic E-state index is 8.64. The van der Waals surface area contributed by atoms with Gasteiger partial charge < -0.3 is 0 Å². The van der Waals surface area contributed by atoms with E-state index in [0.717, 1.165) is 12.0 Å². The molecule has 1 aromatic carbocycles. The lowest BCUT2D eigenvalue weighted by atomic mass is 10.1. The van der Waals surface area contributed by atoms with Gasteiger partial charge in [-0.3, -0.25) is 0 Å². The van der Waals surface area contributed by atoms with Crippen molar-refractivity contribution in [2.75, 3.05) is 0 Å². The van der Waals surface area contributed by atoms with E-state index in [1.54, 1.807) is 11.3 Å². The molecule has 1 aromatic heterocycles. The van der Waals surface area contributed by atoms with Crippen LogP contribution in [0.15, 0.2) is 41.8 Å². The normalized spacial score (nSPS) is 9.64. The lowest BCUT2D eigenvalue weighted by Gasteiger charge is -1.97. The van der Waals surface area contributed by atoms with Crippen LogP contribution in [0.5, 0.6) is 0 Å². The van der Waals surface area contributed by atoms with E-state index in [1.807, 2.05) is 24.3 Å². The summed E-state index contributed by atoms with van der Waals surface area (Å²) in [5.41, 5.74) is 1.98. The number of rotatable bonds is 2. The second-order valence-corrected chi connectivity index (χ2v) is 4.10. The highest BCUT2D eigenvalue weighted by Crippen LogP contribution is 2.14. The molecule has 1 heterocycles. The van der Waals surface area contributed by atoms with Crippen molar-refractivity contribution < 1.29 is 0 Å². The number of hydrogen-bond acceptors (Lipinski definition) is 2. The first-order valence-electron chi connectivity index (χ1n) is 4.40. The van der Waals surface area contributed by atoms with Gasteiger partial charge in [-0.25, -0.2) is 0 Å². The first kappa shape index (κ1) is 8.98. The Hall–Kier alpha value is -1.59. The van der Waals surface area contributed by atoms with Crippen LogP contribution >= 0.6 is 11.3 Å². The summed E-state index contributed by atoms with van der Waals surface area (Å²) in [7, 11) is 0. The summed E-state index contributed by atoms with van der Waals surface area (Å²) < 4.78 is 0. The zero-order chi connectivity index (χ0) is 9.80. The van der Waals surface area contributed by atoms with E-state index in [0.29, 0.717) is 0 Å². The minimum Gasteiger partial charge on any atom is -0.192 e. The quantitative estimate of drug-likeness (QED) is 0.728. The summed E-state index contributed by atoms with van der Waals surface area (Å²) in [4.78, 5) is 1.36. The average molecular weight is 199 g/mol. The zero-order valence-corrected chi connectivity index (χ0v) is 8.42. The number of thiophene rings is 1. The fourth-order valence-electron chi connectivity index (χ4n) is 1.31. The third-order valence-electron chi connectivity index (χ3n) is 2.04. The standard InChI is InChI=1S/C12H9NS/c13-9-11-5-3-10(4-6-11)8-12-2-1-7-14-12/h1-7H,8H2. The molecule has 2 heteroatoms. The Kier molecular flexibility index (Phi) is 2.62. The lowest BCUT2D eigenvalue weighted by Crippen LogP contribution is -1.84. The molecular formula is C12H9NS. The SMILES string of the molecule is N#Cc1ccc(Cc2cccs2)cc1. The van der Waals surface area contributed by atoms with Crippen molar-refractivity contribution in [2.24, 2.45) is 0 Å². The van der Waals surface area contributed by atoms with Crippen molar-refractivity contribution in [3.63, 3.8) is 0 Å². The summed E-state index contributed by atoms with van der Waals surface area (Å²) in [6.07, 6.45) is 0.962. The van der Waals surface area contributed by atoms with Gasteiger partial charge >= 0.3 is 0 Å². The highest BCUT2D eigenvalue weighted by Gasteiger charge is 1.97. The molecule has 0 spiro atoms. The van der Waals surface area contributed by atoms with Gasteiger partial charge in [0, 0.05) is 11.3 Å². The number of nitrogens with zero attached hydrogens (tertiary/aromatic N) is 1. The Morgan fingerprint density at radius 3 is 2.50 bits per heavy atom. The van der Waals surface area contributed by atoms with E-state index in [-0.39, 0.29) is 0 Å². The van der Waals surface area contributed by atoms with E-state index in [1.165, 1.54) is 10.4 Å². The molecular weight excluding hydrogens is 190 g/mol. The van der Waals surface area contributed by atoms with Crippen molar-refractivity contribution in [2.45, 2.75) is 6.42 Å². The third-order valence-corrected chi connectivity index (χ3v) is 2.92. The smallest absolute Gasteiger partial charge is 0.0991 e. The van der Waals surface area contributed by atoms with Crippen LogP contribution in [0.1, 0.15) is 16.0 Å². The van der Waals surface area contributed by atoms with Crippen LogP contribution in [0.25, 0.3) is 0 Å². The predicted molar refractivity (Wildman–Crippen MR) is 58.3 cm³/mol. The predicted octanol–water partition coefficient (Wildman–Crippen LogP) is 3.21. The molecule has 0 saturated carbocycles. The number of benzene rings is 1. The molecule has 0 fully saturated rings. The van der Waals surface area contributed by atoms with Gasteiger partial charge in [0.1, 0.15) is 0 Å². The van der Waals surface area contributed by atoms with E-state index in [4.69, 9.17) is 5.26 Å². The fourth-order valence-corrected chi connectivity index (χ4v) is 2.05. The molecule has 0 atom stereocenters. The van der Waals surface area contributed by atoms with Gasteiger partial charge in [-0.2, -0.15) is 5.26 Å². The van der Waals surface area contributed by atoms with Crippen molar-refractivity contribution >= 4 is 11.3 Å². The molecule has 0 amide bonds. The van der Waals surface area contributed by atoms with E-state index in [9.17, 15) is 0 Å². The molecule has 1 nitrogen and oxygen atoms in total. The topological polar surface area (TPSA) is 23.8 Å². The van der Waals surface area contributed by atoms with Crippen molar-refractivity contribution in [1.29, 1.82) is 5.26 Å². The van der Waals surface area contributed by atoms with Gasteiger partial charge in [0.15, 0.2) is 0 Å². The first-order valence-corrected chi connectivity index (χ1v) is 5.28. The maximum Gasteiger partial charge on any atom is 0.0991 e. The molecule has 0 aliphatic carbocycles. The summed E-state index contributed by atoms with van der Waals surface area (Å²) in [6, 6.07) is 14.1. The molecule has 14 heavy (non-hydrogen) atoms. The highest BCUT2D eigenvalue weighted by molar-refractivity contribution is 7.09. The third kappa shape index (κ3) is 2.01. The van der Waals surface area contributed by atoms with Gasteiger partial charge in [0.05, 0.1) is 11.6 Å².